The summed E-state index contributed by atoms with van der Waals surface area (Å²) in [4.78, 5) is 10.6. The normalized spacial score (nSPS) is 10.6. The number of aromatic nitrogens is 3. The summed E-state index contributed by atoms with van der Waals surface area (Å²) in [5.41, 5.74) is 2.48. The Labute approximate surface area is 111 Å². The Bertz CT molecular complexity index is 565. The number of aryl methyl sites for hydroxylation is 1. The molecule has 2 N–H and O–H groups in total. The summed E-state index contributed by atoms with van der Waals surface area (Å²) in [5, 5.41) is 19.3. The second kappa shape index (κ2) is 6.10. The minimum Gasteiger partial charge on any atom is -0.476 e. The highest BCUT2D eigenvalue weighted by Crippen LogP contribution is 2.05. The van der Waals surface area contributed by atoms with Gasteiger partial charge in [-0.25, -0.2) is 4.79 Å². The van der Waals surface area contributed by atoms with E-state index in [1.165, 1.54) is 22.0 Å². The van der Waals surface area contributed by atoms with Gasteiger partial charge in [-0.05, 0) is 18.1 Å². The Morgan fingerprint density at radius 1 is 1.42 bits per heavy atom. The van der Waals surface area contributed by atoms with E-state index in [1.54, 1.807) is 0 Å². The molecule has 0 aliphatic heterocycles. The Hall–Kier alpha value is -2.21. The Kier molecular flexibility index (Phi) is 4.25. The molecule has 0 aliphatic rings. The van der Waals surface area contributed by atoms with Crippen LogP contribution >= 0.6 is 0 Å². The van der Waals surface area contributed by atoms with Crippen LogP contribution in [0.5, 0.6) is 0 Å². The number of carbonyl (C=O) groups is 1. The molecule has 0 fully saturated rings. The van der Waals surface area contributed by atoms with Crippen LogP contribution in [-0.2, 0) is 13.1 Å². The second-order valence-corrected chi connectivity index (χ2v) is 4.28. The molecular formula is C13H16N4O2. The van der Waals surface area contributed by atoms with Crippen LogP contribution < -0.4 is 5.32 Å². The van der Waals surface area contributed by atoms with E-state index in [4.69, 9.17) is 5.11 Å². The summed E-state index contributed by atoms with van der Waals surface area (Å²) in [6.45, 7) is 4.16. The van der Waals surface area contributed by atoms with Crippen molar-refractivity contribution in [2.24, 2.45) is 0 Å². The van der Waals surface area contributed by atoms with Gasteiger partial charge >= 0.3 is 5.97 Å². The lowest BCUT2D eigenvalue weighted by atomic mass is 10.1. The van der Waals surface area contributed by atoms with Crippen LogP contribution in [0, 0.1) is 6.92 Å². The molecule has 2 aromatic rings. The predicted molar refractivity (Wildman–Crippen MR) is 69.9 cm³/mol. The molecule has 6 heteroatoms. The average Bonchev–Trinajstić information content (AvgIpc) is 2.85. The zero-order chi connectivity index (χ0) is 13.7. The van der Waals surface area contributed by atoms with E-state index in [0.29, 0.717) is 13.1 Å². The van der Waals surface area contributed by atoms with Crippen molar-refractivity contribution in [3.8, 4) is 0 Å². The lowest BCUT2D eigenvalue weighted by molar-refractivity contribution is 0.0690. The fourth-order valence-electron chi connectivity index (χ4n) is 1.73. The van der Waals surface area contributed by atoms with Gasteiger partial charge in [-0.2, -0.15) is 0 Å². The van der Waals surface area contributed by atoms with Gasteiger partial charge in [0.15, 0.2) is 5.69 Å². The summed E-state index contributed by atoms with van der Waals surface area (Å²) < 4.78 is 1.52. The van der Waals surface area contributed by atoms with Gasteiger partial charge in [-0.1, -0.05) is 29.5 Å². The first-order chi connectivity index (χ1) is 9.16. The zero-order valence-corrected chi connectivity index (χ0v) is 10.7. The van der Waals surface area contributed by atoms with Gasteiger partial charge in [0, 0.05) is 13.1 Å². The molecule has 0 unspecified atom stereocenters. The topological polar surface area (TPSA) is 80.0 Å². The van der Waals surface area contributed by atoms with E-state index in [2.05, 4.69) is 34.7 Å². The molecule has 0 saturated carbocycles. The van der Waals surface area contributed by atoms with Crippen molar-refractivity contribution < 1.29 is 9.90 Å². The molecule has 0 amide bonds. The van der Waals surface area contributed by atoms with Crippen molar-refractivity contribution >= 4 is 5.97 Å². The quantitative estimate of drug-likeness (QED) is 0.759. The highest BCUT2D eigenvalue weighted by molar-refractivity contribution is 5.84. The Balaban J connectivity index is 1.77. The van der Waals surface area contributed by atoms with Crippen LogP contribution in [0.3, 0.4) is 0 Å². The van der Waals surface area contributed by atoms with Crippen LogP contribution in [-0.4, -0.2) is 32.6 Å². The van der Waals surface area contributed by atoms with E-state index in [9.17, 15) is 4.79 Å². The molecule has 0 saturated heterocycles. The largest absolute Gasteiger partial charge is 0.476 e. The molecule has 1 heterocycles. The van der Waals surface area contributed by atoms with Crippen molar-refractivity contribution in [3.63, 3.8) is 0 Å². The minimum absolute atomic E-state index is 0.0288. The van der Waals surface area contributed by atoms with E-state index >= 15 is 0 Å². The van der Waals surface area contributed by atoms with Gasteiger partial charge < -0.3 is 10.4 Å². The summed E-state index contributed by atoms with van der Waals surface area (Å²) in [5.74, 6) is -1.06. The third kappa shape index (κ3) is 3.62. The van der Waals surface area contributed by atoms with E-state index in [1.807, 2.05) is 12.1 Å². The number of rotatable bonds is 6. The van der Waals surface area contributed by atoms with Gasteiger partial charge in [0.05, 0.1) is 12.7 Å². The maximum Gasteiger partial charge on any atom is 0.358 e. The van der Waals surface area contributed by atoms with Crippen molar-refractivity contribution in [2.75, 3.05) is 6.54 Å². The maximum atomic E-state index is 10.6. The maximum absolute atomic E-state index is 10.6. The molecule has 0 bridgehead atoms. The third-order valence-electron chi connectivity index (χ3n) is 2.85. The number of carboxylic acids is 1. The summed E-state index contributed by atoms with van der Waals surface area (Å²) in [7, 11) is 0. The van der Waals surface area contributed by atoms with Crippen molar-refractivity contribution in [1.82, 2.24) is 20.3 Å². The molecular weight excluding hydrogens is 244 g/mol. The zero-order valence-electron chi connectivity index (χ0n) is 10.7. The average molecular weight is 260 g/mol. The number of nitrogens with one attached hydrogen (secondary N) is 1. The molecule has 100 valence electrons. The molecule has 1 aromatic heterocycles. The molecule has 19 heavy (non-hydrogen) atoms. The third-order valence-corrected chi connectivity index (χ3v) is 2.85. The number of carboxylic acid groups (broad SMARTS) is 1. The number of hydrogen-bond acceptors (Lipinski definition) is 4. The number of benzene rings is 1. The number of hydrogen-bond donors (Lipinski definition) is 2. The lowest BCUT2D eigenvalue weighted by Gasteiger charge is -2.07. The molecule has 0 radical (unpaired) electrons. The van der Waals surface area contributed by atoms with Gasteiger partial charge in [0.1, 0.15) is 0 Å². The first-order valence-electron chi connectivity index (χ1n) is 6.05. The van der Waals surface area contributed by atoms with Crippen LogP contribution in [0.15, 0.2) is 30.5 Å². The fraction of sp³-hybridized carbons (Fsp3) is 0.308. The van der Waals surface area contributed by atoms with Gasteiger partial charge in [-0.15, -0.1) is 5.10 Å². The molecule has 0 atom stereocenters. The van der Waals surface area contributed by atoms with Crippen LogP contribution in [0.1, 0.15) is 21.6 Å². The molecule has 6 nitrogen and oxygen atoms in total. The van der Waals surface area contributed by atoms with Crippen molar-refractivity contribution in [2.45, 2.75) is 20.0 Å². The highest BCUT2D eigenvalue weighted by Gasteiger charge is 2.07. The van der Waals surface area contributed by atoms with Gasteiger partial charge in [-0.3, -0.25) is 4.68 Å². The second-order valence-electron chi connectivity index (χ2n) is 4.28. The highest BCUT2D eigenvalue weighted by atomic mass is 16.4. The summed E-state index contributed by atoms with van der Waals surface area (Å²) in [6, 6.07) is 8.19. The molecule has 0 spiro atoms. The van der Waals surface area contributed by atoms with Crippen molar-refractivity contribution in [3.05, 3.63) is 47.3 Å². The summed E-state index contributed by atoms with van der Waals surface area (Å²) >= 11 is 0. The molecule has 2 rings (SSSR count). The van der Waals surface area contributed by atoms with Crippen LogP contribution in [0.4, 0.5) is 0 Å². The smallest absolute Gasteiger partial charge is 0.358 e. The first kappa shape index (κ1) is 13.2. The SMILES string of the molecule is Cc1ccccc1CNCCn1cc(C(=O)O)nn1. The standard InChI is InChI=1S/C13H16N4O2/c1-10-4-2-3-5-11(10)8-14-6-7-17-9-12(13(18)19)15-16-17/h2-5,9,14H,6-8H2,1H3,(H,18,19). The van der Waals surface area contributed by atoms with Crippen molar-refractivity contribution in [1.29, 1.82) is 0 Å². The van der Waals surface area contributed by atoms with Crippen LogP contribution in [0.25, 0.3) is 0 Å². The number of nitrogens with zero attached hydrogens (tertiary/aromatic N) is 3. The predicted octanol–water partition coefficient (Wildman–Crippen LogP) is 1.07. The van der Waals surface area contributed by atoms with E-state index < -0.39 is 5.97 Å². The van der Waals surface area contributed by atoms with Gasteiger partial charge in [0.25, 0.3) is 0 Å². The van der Waals surface area contributed by atoms with E-state index in [-0.39, 0.29) is 5.69 Å². The van der Waals surface area contributed by atoms with Gasteiger partial charge in [0.2, 0.25) is 0 Å². The lowest BCUT2D eigenvalue weighted by Crippen LogP contribution is -2.20. The minimum atomic E-state index is -1.06. The number of aromatic carboxylic acids is 1. The fourth-order valence-corrected chi connectivity index (χ4v) is 1.73. The monoisotopic (exact) mass is 260 g/mol. The van der Waals surface area contributed by atoms with E-state index in [0.717, 1.165) is 6.54 Å². The first-order valence-corrected chi connectivity index (χ1v) is 6.05. The Morgan fingerprint density at radius 3 is 2.89 bits per heavy atom. The summed E-state index contributed by atoms with van der Waals surface area (Å²) in [6.07, 6.45) is 1.43. The molecule has 1 aromatic carbocycles. The Morgan fingerprint density at radius 2 is 2.21 bits per heavy atom. The molecule has 0 aliphatic carbocycles. The van der Waals surface area contributed by atoms with Crippen LogP contribution in [0.2, 0.25) is 0 Å².